The first-order valence-electron chi connectivity index (χ1n) is 8.32. The lowest BCUT2D eigenvalue weighted by atomic mass is 10.2. The molecule has 0 spiro atoms. The number of carbonyl (C=O) groups is 1. The third kappa shape index (κ3) is 4.45. The Kier molecular flexibility index (Phi) is 6.31. The normalized spacial score (nSPS) is 14.1. The van der Waals surface area contributed by atoms with Crippen LogP contribution in [0.15, 0.2) is 48.5 Å². The zero-order chi connectivity index (χ0) is 18.5. The molecule has 136 valence electrons. The van der Waals surface area contributed by atoms with E-state index in [9.17, 15) is 4.79 Å². The summed E-state index contributed by atoms with van der Waals surface area (Å²) < 4.78 is 6.11. The number of ether oxygens (including phenoxy) is 1. The van der Waals surface area contributed by atoms with Crippen molar-refractivity contribution in [2.75, 3.05) is 38.2 Å². The van der Waals surface area contributed by atoms with Gasteiger partial charge in [-0.05, 0) is 65.1 Å². The third-order valence-electron chi connectivity index (χ3n) is 4.32. The van der Waals surface area contributed by atoms with Gasteiger partial charge in [0, 0.05) is 37.4 Å². The highest BCUT2D eigenvalue weighted by Gasteiger charge is 2.20. The Hall–Kier alpha value is -1.87. The average Bonchev–Trinajstić information content (AvgIpc) is 2.68. The molecule has 1 heterocycles. The van der Waals surface area contributed by atoms with Crippen molar-refractivity contribution in [3.8, 4) is 5.75 Å². The average molecular weight is 481 g/mol. The maximum atomic E-state index is 12.5. The molecular weight excluding hydrogens is 461 g/mol. The molecule has 1 aliphatic heterocycles. The Morgan fingerprint density at radius 2 is 1.81 bits per heavy atom. The minimum Gasteiger partial charge on any atom is -0.496 e. The minimum atomic E-state index is -0.193. The van der Waals surface area contributed by atoms with Gasteiger partial charge in [0.2, 0.25) is 0 Å². The van der Waals surface area contributed by atoms with E-state index in [0.29, 0.717) is 10.7 Å². The van der Waals surface area contributed by atoms with Crippen LogP contribution in [0.3, 0.4) is 0 Å². The molecule has 0 radical (unpaired) electrons. The summed E-state index contributed by atoms with van der Waals surface area (Å²) in [6.45, 7) is 3.32. The van der Waals surface area contributed by atoms with Crippen molar-refractivity contribution in [1.29, 1.82) is 0 Å². The zero-order valence-corrected chi connectivity index (χ0v) is 17.4. The monoisotopic (exact) mass is 481 g/mol. The van der Waals surface area contributed by atoms with Crippen LogP contribution in [0.5, 0.6) is 5.75 Å². The second-order valence-electron chi connectivity index (χ2n) is 5.92. The molecule has 5 nitrogen and oxygen atoms in total. The van der Waals surface area contributed by atoms with E-state index >= 15 is 0 Å². The van der Waals surface area contributed by atoms with Crippen LogP contribution in [0.1, 0.15) is 10.4 Å². The number of amides is 1. The van der Waals surface area contributed by atoms with Crippen LogP contribution in [0, 0.1) is 3.57 Å². The van der Waals surface area contributed by atoms with Crippen molar-refractivity contribution < 1.29 is 9.53 Å². The van der Waals surface area contributed by atoms with Gasteiger partial charge in [0.1, 0.15) is 5.75 Å². The van der Waals surface area contributed by atoms with Crippen molar-refractivity contribution in [2.24, 2.45) is 0 Å². The molecule has 1 saturated heterocycles. The molecule has 7 heteroatoms. The quantitative estimate of drug-likeness (QED) is 0.540. The molecule has 0 unspecified atom stereocenters. The van der Waals surface area contributed by atoms with Gasteiger partial charge in [-0.2, -0.15) is 0 Å². The summed E-state index contributed by atoms with van der Waals surface area (Å²) in [7, 11) is 1.61. The molecule has 1 fully saturated rings. The fourth-order valence-corrected chi connectivity index (χ4v) is 3.87. The fourth-order valence-electron chi connectivity index (χ4n) is 2.86. The van der Waals surface area contributed by atoms with E-state index in [1.54, 1.807) is 25.3 Å². The highest BCUT2D eigenvalue weighted by atomic mass is 127. The smallest absolute Gasteiger partial charge is 0.257 e. The first kappa shape index (κ1) is 18.9. The molecular formula is C19H20IN3O2S. The predicted molar refractivity (Wildman–Crippen MR) is 116 cm³/mol. The Bertz CT molecular complexity index is 793. The van der Waals surface area contributed by atoms with Crippen molar-refractivity contribution in [3.63, 3.8) is 0 Å². The van der Waals surface area contributed by atoms with Crippen LogP contribution >= 0.6 is 34.8 Å². The van der Waals surface area contributed by atoms with Crippen LogP contribution < -0.4 is 15.0 Å². The molecule has 1 amide bonds. The SMILES string of the molecule is COc1ccc(C(=O)NC(=S)N2CCN(c3ccccc3)CC2)cc1I. The first-order chi connectivity index (χ1) is 12.6. The predicted octanol–water partition coefficient (Wildman–Crippen LogP) is 3.14. The Morgan fingerprint density at radius 3 is 2.42 bits per heavy atom. The van der Waals surface area contributed by atoms with Gasteiger partial charge in [-0.3, -0.25) is 10.1 Å². The highest BCUT2D eigenvalue weighted by molar-refractivity contribution is 14.1. The van der Waals surface area contributed by atoms with Gasteiger partial charge in [0.05, 0.1) is 10.7 Å². The van der Waals surface area contributed by atoms with E-state index < -0.39 is 0 Å². The number of methoxy groups -OCH3 is 1. The number of carbonyl (C=O) groups excluding carboxylic acids is 1. The molecule has 0 aromatic heterocycles. The number of nitrogens with zero attached hydrogens (tertiary/aromatic N) is 2. The number of anilines is 1. The lowest BCUT2D eigenvalue weighted by Crippen LogP contribution is -2.52. The van der Waals surface area contributed by atoms with Gasteiger partial charge in [-0.1, -0.05) is 18.2 Å². The molecule has 0 aliphatic carbocycles. The zero-order valence-electron chi connectivity index (χ0n) is 14.4. The minimum absolute atomic E-state index is 0.193. The second-order valence-corrected chi connectivity index (χ2v) is 7.47. The number of benzene rings is 2. The molecule has 26 heavy (non-hydrogen) atoms. The number of rotatable bonds is 3. The number of piperazine rings is 1. The third-order valence-corrected chi connectivity index (χ3v) is 5.53. The van der Waals surface area contributed by atoms with Crippen molar-refractivity contribution in [1.82, 2.24) is 10.2 Å². The van der Waals surface area contributed by atoms with Crippen molar-refractivity contribution in [3.05, 3.63) is 57.7 Å². The summed E-state index contributed by atoms with van der Waals surface area (Å²) in [4.78, 5) is 16.8. The Morgan fingerprint density at radius 1 is 1.12 bits per heavy atom. The molecule has 0 saturated carbocycles. The number of hydrogen-bond acceptors (Lipinski definition) is 4. The van der Waals surface area contributed by atoms with Gasteiger partial charge in [0.25, 0.3) is 5.91 Å². The summed E-state index contributed by atoms with van der Waals surface area (Å²) in [6, 6.07) is 15.7. The van der Waals surface area contributed by atoms with Crippen LogP contribution in [0.2, 0.25) is 0 Å². The summed E-state index contributed by atoms with van der Waals surface area (Å²) >= 11 is 7.59. The summed E-state index contributed by atoms with van der Waals surface area (Å²) in [5.74, 6) is 0.558. The van der Waals surface area contributed by atoms with Crippen LogP contribution in [0.4, 0.5) is 5.69 Å². The summed E-state index contributed by atoms with van der Waals surface area (Å²) in [6.07, 6.45) is 0. The standard InChI is InChI=1S/C19H20IN3O2S/c1-25-17-8-7-14(13-16(17)20)18(24)21-19(26)23-11-9-22(10-12-23)15-5-3-2-4-6-15/h2-8,13H,9-12H2,1H3,(H,21,24,26). The molecule has 1 N–H and O–H groups in total. The summed E-state index contributed by atoms with van der Waals surface area (Å²) in [5.41, 5.74) is 1.79. The van der Waals surface area contributed by atoms with Gasteiger partial charge >= 0.3 is 0 Å². The van der Waals surface area contributed by atoms with Gasteiger partial charge in [-0.15, -0.1) is 0 Å². The molecule has 1 aliphatic rings. The van der Waals surface area contributed by atoms with E-state index in [2.05, 4.69) is 44.9 Å². The van der Waals surface area contributed by atoms with E-state index in [0.717, 1.165) is 35.5 Å². The first-order valence-corrected chi connectivity index (χ1v) is 9.81. The Labute approximate surface area is 172 Å². The highest BCUT2D eigenvalue weighted by Crippen LogP contribution is 2.21. The van der Waals surface area contributed by atoms with E-state index in [-0.39, 0.29) is 5.91 Å². The topological polar surface area (TPSA) is 44.8 Å². The number of nitrogens with one attached hydrogen (secondary N) is 1. The molecule has 2 aromatic carbocycles. The second kappa shape index (κ2) is 8.68. The maximum absolute atomic E-state index is 12.5. The van der Waals surface area contributed by atoms with E-state index in [1.165, 1.54) is 5.69 Å². The molecule has 3 rings (SSSR count). The van der Waals surface area contributed by atoms with Crippen LogP contribution in [-0.2, 0) is 0 Å². The molecule has 2 aromatic rings. The van der Waals surface area contributed by atoms with Crippen molar-refractivity contribution >= 4 is 51.5 Å². The maximum Gasteiger partial charge on any atom is 0.257 e. The number of para-hydroxylation sites is 1. The van der Waals surface area contributed by atoms with Crippen LogP contribution in [0.25, 0.3) is 0 Å². The number of halogens is 1. The van der Waals surface area contributed by atoms with Gasteiger partial charge in [0.15, 0.2) is 5.11 Å². The number of thiocarbonyl (C=S) groups is 1. The van der Waals surface area contributed by atoms with E-state index in [4.69, 9.17) is 17.0 Å². The lowest BCUT2D eigenvalue weighted by molar-refractivity contribution is 0.0973. The number of hydrogen-bond donors (Lipinski definition) is 1. The van der Waals surface area contributed by atoms with Gasteiger partial charge in [-0.25, -0.2) is 0 Å². The van der Waals surface area contributed by atoms with Crippen LogP contribution in [-0.4, -0.2) is 49.2 Å². The van der Waals surface area contributed by atoms with E-state index in [1.807, 2.05) is 23.1 Å². The van der Waals surface area contributed by atoms with Crippen molar-refractivity contribution in [2.45, 2.75) is 0 Å². The molecule has 0 bridgehead atoms. The summed E-state index contributed by atoms with van der Waals surface area (Å²) in [5, 5.41) is 3.32. The largest absolute Gasteiger partial charge is 0.496 e. The molecule has 0 atom stereocenters. The van der Waals surface area contributed by atoms with Gasteiger partial charge < -0.3 is 14.5 Å². The lowest BCUT2D eigenvalue weighted by Gasteiger charge is -2.37. The Balaban J connectivity index is 1.55. The fraction of sp³-hybridized carbons (Fsp3) is 0.263.